The Kier molecular flexibility index (Phi) is 7.06. The Hall–Kier alpha value is -1.60. The molecule has 2 rings (SSSR count). The van der Waals surface area contributed by atoms with Gasteiger partial charge in [-0.3, -0.25) is 9.59 Å². The number of hydrogen-bond donors (Lipinski definition) is 1. The average Bonchev–Trinajstić information content (AvgIpc) is 2.62. The van der Waals surface area contributed by atoms with E-state index in [9.17, 15) is 18.0 Å². The summed E-state index contributed by atoms with van der Waals surface area (Å²) in [6.45, 7) is 2.75. The minimum atomic E-state index is -3.47. The largest absolute Gasteiger partial charge is 0.358 e. The van der Waals surface area contributed by atoms with Crippen molar-refractivity contribution in [2.24, 2.45) is 0 Å². The number of rotatable bonds is 6. The molecule has 1 saturated heterocycles. The summed E-state index contributed by atoms with van der Waals surface area (Å²) < 4.78 is 24.5. The summed E-state index contributed by atoms with van der Waals surface area (Å²) in [6, 6.07) is 5.73. The van der Waals surface area contributed by atoms with Crippen molar-refractivity contribution in [2.45, 2.75) is 37.9 Å². The zero-order valence-electron chi connectivity index (χ0n) is 15.1. The van der Waals surface area contributed by atoms with Gasteiger partial charge in [0, 0.05) is 31.6 Å². The van der Waals surface area contributed by atoms with Gasteiger partial charge in [-0.15, -0.1) is 0 Å². The molecule has 2 amide bonds. The molecule has 0 aromatic heterocycles. The molecule has 1 heterocycles. The van der Waals surface area contributed by atoms with Gasteiger partial charge in [0.25, 0.3) is 0 Å². The van der Waals surface area contributed by atoms with E-state index >= 15 is 0 Å². The second kappa shape index (κ2) is 8.86. The molecule has 0 radical (unpaired) electrons. The molecule has 1 aliphatic heterocycles. The van der Waals surface area contributed by atoms with Gasteiger partial charge >= 0.3 is 0 Å². The highest BCUT2D eigenvalue weighted by Crippen LogP contribution is 2.21. The number of aryl methyl sites for hydroxylation is 2. The summed E-state index contributed by atoms with van der Waals surface area (Å²) in [5.41, 5.74) is 2.04. The van der Waals surface area contributed by atoms with E-state index in [0.717, 1.165) is 11.1 Å². The molecule has 144 valence electrons. The first-order chi connectivity index (χ1) is 12.2. The summed E-state index contributed by atoms with van der Waals surface area (Å²) in [5.74, 6) is -0.959. The molecule has 8 heteroatoms. The van der Waals surface area contributed by atoms with Crippen molar-refractivity contribution in [3.8, 4) is 0 Å². The second-order valence-corrected chi connectivity index (χ2v) is 9.33. The average molecular weight is 401 g/mol. The number of amides is 2. The van der Waals surface area contributed by atoms with Crippen LogP contribution in [0.4, 0.5) is 0 Å². The van der Waals surface area contributed by atoms with E-state index in [4.69, 9.17) is 11.6 Å². The second-order valence-electron chi connectivity index (χ2n) is 6.64. The van der Waals surface area contributed by atoms with Gasteiger partial charge in [0.1, 0.15) is 5.75 Å². The molecule has 0 atom stereocenters. The molecule has 6 nitrogen and oxygen atoms in total. The number of carbonyl (C=O) groups is 2. The number of sulfone groups is 1. The zero-order valence-corrected chi connectivity index (χ0v) is 16.7. The Morgan fingerprint density at radius 2 is 1.92 bits per heavy atom. The van der Waals surface area contributed by atoms with Crippen LogP contribution in [0.3, 0.4) is 0 Å². The molecular formula is C18H25ClN2O4S. The van der Waals surface area contributed by atoms with Gasteiger partial charge < -0.3 is 10.2 Å². The number of benzene rings is 1. The van der Waals surface area contributed by atoms with Crippen LogP contribution in [0.25, 0.3) is 0 Å². The third-order valence-electron chi connectivity index (χ3n) is 4.76. The van der Waals surface area contributed by atoms with Crippen LogP contribution >= 0.6 is 11.6 Å². The number of nitrogens with one attached hydrogen (secondary N) is 1. The van der Waals surface area contributed by atoms with Crippen molar-refractivity contribution in [3.63, 3.8) is 0 Å². The maximum Gasteiger partial charge on any atom is 0.234 e. The van der Waals surface area contributed by atoms with Gasteiger partial charge in [0.15, 0.2) is 9.84 Å². The van der Waals surface area contributed by atoms with Crippen LogP contribution in [0.1, 0.15) is 30.4 Å². The van der Waals surface area contributed by atoms with Crippen molar-refractivity contribution in [1.29, 1.82) is 0 Å². The van der Waals surface area contributed by atoms with Gasteiger partial charge in [-0.1, -0.05) is 23.7 Å². The van der Waals surface area contributed by atoms with Crippen LogP contribution in [-0.4, -0.2) is 56.3 Å². The molecule has 0 unspecified atom stereocenters. The fraction of sp³-hybridized carbons (Fsp3) is 0.556. The van der Waals surface area contributed by atoms with Crippen LogP contribution in [-0.2, 0) is 25.8 Å². The normalized spacial score (nSPS) is 15.7. The molecule has 0 saturated carbocycles. The van der Waals surface area contributed by atoms with E-state index in [2.05, 4.69) is 5.32 Å². The van der Waals surface area contributed by atoms with Gasteiger partial charge in [-0.05, 0) is 43.4 Å². The minimum Gasteiger partial charge on any atom is -0.358 e. The topological polar surface area (TPSA) is 83.6 Å². The Labute approximate surface area is 159 Å². The van der Waals surface area contributed by atoms with Crippen molar-refractivity contribution in [1.82, 2.24) is 10.2 Å². The standard InChI is InChI=1S/C18H25ClN2O4S/c1-13-11-14(3-5-16(13)19)4-6-18(23)21-9-7-15(8-10-21)26(24,25)12-17(22)20-2/h3,5,11,15H,4,6-10,12H2,1-2H3,(H,20,22). The lowest BCUT2D eigenvalue weighted by molar-refractivity contribution is -0.132. The Morgan fingerprint density at radius 3 is 2.50 bits per heavy atom. The molecule has 0 spiro atoms. The SMILES string of the molecule is CNC(=O)CS(=O)(=O)C1CCN(C(=O)CCc2ccc(Cl)c(C)c2)CC1. The number of hydrogen-bond acceptors (Lipinski definition) is 4. The molecule has 1 aliphatic rings. The summed E-state index contributed by atoms with van der Waals surface area (Å²) in [6.07, 6.45) is 1.78. The van der Waals surface area contributed by atoms with Gasteiger partial charge in [0.05, 0.1) is 5.25 Å². The quantitative estimate of drug-likeness (QED) is 0.788. The van der Waals surface area contributed by atoms with Crippen LogP contribution < -0.4 is 5.32 Å². The van der Waals surface area contributed by atoms with Gasteiger partial charge in [-0.2, -0.15) is 0 Å². The summed E-state index contributed by atoms with van der Waals surface area (Å²) >= 11 is 6.01. The maximum absolute atomic E-state index is 12.4. The Balaban J connectivity index is 1.84. The fourth-order valence-corrected chi connectivity index (χ4v) is 4.90. The smallest absolute Gasteiger partial charge is 0.234 e. The predicted octanol–water partition coefficient (Wildman–Crippen LogP) is 1.73. The highest BCUT2D eigenvalue weighted by Gasteiger charge is 2.32. The van der Waals surface area contributed by atoms with E-state index in [1.807, 2.05) is 25.1 Å². The molecule has 1 aromatic carbocycles. The summed E-state index contributed by atoms with van der Waals surface area (Å²) in [7, 11) is -2.05. The highest BCUT2D eigenvalue weighted by molar-refractivity contribution is 7.92. The van der Waals surface area contributed by atoms with E-state index < -0.39 is 26.7 Å². The van der Waals surface area contributed by atoms with E-state index in [-0.39, 0.29) is 5.91 Å². The van der Waals surface area contributed by atoms with Crippen molar-refractivity contribution < 1.29 is 18.0 Å². The molecule has 0 aliphatic carbocycles. The molecule has 0 bridgehead atoms. The van der Waals surface area contributed by atoms with E-state index in [1.54, 1.807) is 4.90 Å². The predicted molar refractivity (Wildman–Crippen MR) is 102 cm³/mol. The Bertz CT molecular complexity index is 771. The number of likely N-dealkylation sites (tertiary alicyclic amines) is 1. The highest BCUT2D eigenvalue weighted by atomic mass is 35.5. The first kappa shape index (κ1) is 20.7. The summed E-state index contributed by atoms with van der Waals surface area (Å²) in [4.78, 5) is 25.5. The number of nitrogens with zero attached hydrogens (tertiary/aromatic N) is 1. The minimum absolute atomic E-state index is 0.0275. The van der Waals surface area contributed by atoms with Crippen LogP contribution in [0.2, 0.25) is 5.02 Å². The van der Waals surface area contributed by atoms with Crippen molar-refractivity contribution >= 4 is 33.3 Å². The molecule has 1 N–H and O–H groups in total. The first-order valence-electron chi connectivity index (χ1n) is 8.68. The lowest BCUT2D eigenvalue weighted by Crippen LogP contribution is -2.44. The number of halogens is 1. The van der Waals surface area contributed by atoms with Gasteiger partial charge in [0.2, 0.25) is 11.8 Å². The third-order valence-corrected chi connectivity index (χ3v) is 7.34. The monoisotopic (exact) mass is 400 g/mol. The van der Waals surface area contributed by atoms with E-state index in [1.165, 1.54) is 7.05 Å². The third kappa shape index (κ3) is 5.45. The lowest BCUT2D eigenvalue weighted by atomic mass is 10.1. The summed E-state index contributed by atoms with van der Waals surface area (Å²) in [5, 5.41) is 2.49. The van der Waals surface area contributed by atoms with Crippen LogP contribution in [0, 0.1) is 6.92 Å². The maximum atomic E-state index is 12.4. The Morgan fingerprint density at radius 1 is 1.27 bits per heavy atom. The van der Waals surface area contributed by atoms with Crippen LogP contribution in [0.15, 0.2) is 18.2 Å². The fourth-order valence-electron chi connectivity index (χ4n) is 3.11. The van der Waals surface area contributed by atoms with Crippen molar-refractivity contribution in [3.05, 3.63) is 34.3 Å². The molecule has 1 fully saturated rings. The lowest BCUT2D eigenvalue weighted by Gasteiger charge is -2.31. The zero-order chi connectivity index (χ0) is 19.3. The number of piperidine rings is 1. The molecular weight excluding hydrogens is 376 g/mol. The molecule has 26 heavy (non-hydrogen) atoms. The van der Waals surface area contributed by atoms with E-state index in [0.29, 0.717) is 43.8 Å². The van der Waals surface area contributed by atoms with Crippen molar-refractivity contribution in [2.75, 3.05) is 25.9 Å². The molecule has 1 aromatic rings. The van der Waals surface area contributed by atoms with Gasteiger partial charge in [-0.25, -0.2) is 8.42 Å². The first-order valence-corrected chi connectivity index (χ1v) is 10.8. The number of carbonyl (C=O) groups excluding carboxylic acids is 2. The van der Waals surface area contributed by atoms with Crippen LogP contribution in [0.5, 0.6) is 0 Å².